The summed E-state index contributed by atoms with van der Waals surface area (Å²) in [5.74, 6) is -1.08. The van der Waals surface area contributed by atoms with Crippen LogP contribution in [0, 0.1) is 0 Å². The number of hydrogen-bond acceptors (Lipinski definition) is 4. The second-order valence-electron chi connectivity index (χ2n) is 7.28. The Kier molecular flexibility index (Phi) is 6.14. The summed E-state index contributed by atoms with van der Waals surface area (Å²) in [7, 11) is 2.12. The predicted molar refractivity (Wildman–Crippen MR) is 103 cm³/mol. The molecule has 0 saturated carbocycles. The van der Waals surface area contributed by atoms with Crippen LogP contribution in [0.25, 0.3) is 0 Å². The van der Waals surface area contributed by atoms with Crippen LogP contribution in [0.1, 0.15) is 43.4 Å². The molecule has 2 N–H and O–H groups in total. The molecule has 1 aromatic rings. The minimum Gasteiger partial charge on any atom is -0.374 e. The fourth-order valence-electron chi connectivity index (χ4n) is 3.89. The molecule has 3 rings (SSSR count). The van der Waals surface area contributed by atoms with Gasteiger partial charge in [-0.05, 0) is 56.0 Å². The zero-order valence-electron chi connectivity index (χ0n) is 15.9. The third-order valence-electron chi connectivity index (χ3n) is 5.40. The molecule has 142 valence electrons. The molecule has 0 aromatic heterocycles. The Labute approximate surface area is 155 Å². The third-order valence-corrected chi connectivity index (χ3v) is 5.40. The maximum absolute atomic E-state index is 12.1. The SMILES string of the molecule is CCCNC(=O)C(=O)NCC(c1ccc2c(c1)CCN2C)N1CCCC1. The molecule has 2 amide bonds. The van der Waals surface area contributed by atoms with Gasteiger partial charge in [-0.25, -0.2) is 0 Å². The first-order valence-electron chi connectivity index (χ1n) is 9.74. The van der Waals surface area contributed by atoms with Crippen molar-refractivity contribution in [2.24, 2.45) is 0 Å². The molecule has 1 fully saturated rings. The van der Waals surface area contributed by atoms with E-state index >= 15 is 0 Å². The Morgan fingerprint density at radius 2 is 1.85 bits per heavy atom. The summed E-state index contributed by atoms with van der Waals surface area (Å²) in [5, 5.41) is 5.47. The first-order valence-corrected chi connectivity index (χ1v) is 9.74. The molecule has 0 radical (unpaired) electrons. The van der Waals surface area contributed by atoms with Gasteiger partial charge in [0.1, 0.15) is 0 Å². The summed E-state index contributed by atoms with van der Waals surface area (Å²) in [6, 6.07) is 6.77. The monoisotopic (exact) mass is 358 g/mol. The summed E-state index contributed by atoms with van der Waals surface area (Å²) in [6.07, 6.45) is 4.27. The quantitative estimate of drug-likeness (QED) is 0.756. The van der Waals surface area contributed by atoms with E-state index in [0.717, 1.165) is 32.5 Å². The average Bonchev–Trinajstić information content (AvgIpc) is 3.30. The topological polar surface area (TPSA) is 64.7 Å². The lowest BCUT2D eigenvalue weighted by atomic mass is 10.0. The molecule has 1 atom stereocenters. The number of carbonyl (C=O) groups excluding carboxylic acids is 2. The number of amides is 2. The average molecular weight is 358 g/mol. The van der Waals surface area contributed by atoms with Gasteiger partial charge in [-0.3, -0.25) is 14.5 Å². The normalized spacial score (nSPS) is 17.8. The molecular formula is C20H30N4O2. The van der Waals surface area contributed by atoms with Crippen LogP contribution in [0.4, 0.5) is 5.69 Å². The van der Waals surface area contributed by atoms with Crippen LogP contribution in [0.3, 0.4) is 0 Å². The van der Waals surface area contributed by atoms with Crippen LogP contribution in [0.15, 0.2) is 18.2 Å². The molecule has 2 aliphatic rings. The van der Waals surface area contributed by atoms with Gasteiger partial charge in [-0.15, -0.1) is 0 Å². The highest BCUT2D eigenvalue weighted by molar-refractivity contribution is 6.35. The zero-order chi connectivity index (χ0) is 18.5. The Bertz CT molecular complexity index is 655. The number of nitrogens with one attached hydrogen (secondary N) is 2. The van der Waals surface area contributed by atoms with E-state index in [1.165, 1.54) is 29.7 Å². The van der Waals surface area contributed by atoms with Crippen molar-refractivity contribution in [1.82, 2.24) is 15.5 Å². The summed E-state index contributed by atoms with van der Waals surface area (Å²) in [4.78, 5) is 28.6. The molecule has 26 heavy (non-hydrogen) atoms. The number of fused-ring (bicyclic) bond motifs is 1. The fraction of sp³-hybridized carbons (Fsp3) is 0.600. The van der Waals surface area contributed by atoms with Gasteiger partial charge in [-0.2, -0.15) is 0 Å². The molecule has 2 aliphatic heterocycles. The molecule has 6 nitrogen and oxygen atoms in total. The number of rotatable bonds is 6. The van der Waals surface area contributed by atoms with Crippen molar-refractivity contribution >= 4 is 17.5 Å². The number of carbonyl (C=O) groups is 2. The number of anilines is 1. The van der Waals surface area contributed by atoms with E-state index in [0.29, 0.717) is 13.1 Å². The second kappa shape index (κ2) is 8.54. The molecule has 2 heterocycles. The van der Waals surface area contributed by atoms with Crippen LogP contribution >= 0.6 is 0 Å². The van der Waals surface area contributed by atoms with Crippen molar-refractivity contribution in [3.63, 3.8) is 0 Å². The molecular weight excluding hydrogens is 328 g/mol. The van der Waals surface area contributed by atoms with E-state index in [4.69, 9.17) is 0 Å². The van der Waals surface area contributed by atoms with Crippen molar-refractivity contribution in [2.45, 2.75) is 38.6 Å². The van der Waals surface area contributed by atoms with E-state index in [1.54, 1.807) is 0 Å². The third kappa shape index (κ3) is 4.18. The van der Waals surface area contributed by atoms with Gasteiger partial charge >= 0.3 is 11.8 Å². The maximum atomic E-state index is 12.1. The van der Waals surface area contributed by atoms with Crippen LogP contribution in [0.2, 0.25) is 0 Å². The van der Waals surface area contributed by atoms with Crippen molar-refractivity contribution < 1.29 is 9.59 Å². The molecule has 0 bridgehead atoms. The van der Waals surface area contributed by atoms with Gasteiger partial charge < -0.3 is 15.5 Å². The minimum atomic E-state index is -0.539. The van der Waals surface area contributed by atoms with Gasteiger partial charge in [0.2, 0.25) is 0 Å². The predicted octanol–water partition coefficient (Wildman–Crippen LogP) is 1.46. The highest BCUT2D eigenvalue weighted by Gasteiger charge is 2.26. The smallest absolute Gasteiger partial charge is 0.309 e. The van der Waals surface area contributed by atoms with Crippen LogP contribution in [-0.4, -0.2) is 56.5 Å². The lowest BCUT2D eigenvalue weighted by Crippen LogP contribution is -2.44. The van der Waals surface area contributed by atoms with E-state index in [9.17, 15) is 9.59 Å². The molecule has 0 spiro atoms. The maximum Gasteiger partial charge on any atom is 0.309 e. The van der Waals surface area contributed by atoms with E-state index in [-0.39, 0.29) is 6.04 Å². The Morgan fingerprint density at radius 1 is 1.12 bits per heavy atom. The summed E-state index contributed by atoms with van der Waals surface area (Å²) >= 11 is 0. The minimum absolute atomic E-state index is 0.122. The van der Waals surface area contributed by atoms with Gasteiger partial charge in [0.05, 0.1) is 6.04 Å². The van der Waals surface area contributed by atoms with Crippen LogP contribution in [0.5, 0.6) is 0 Å². The zero-order valence-corrected chi connectivity index (χ0v) is 15.9. The van der Waals surface area contributed by atoms with Gasteiger partial charge in [-0.1, -0.05) is 19.1 Å². The first-order chi connectivity index (χ1) is 12.6. The highest BCUT2D eigenvalue weighted by atomic mass is 16.2. The number of likely N-dealkylation sites (tertiary alicyclic amines) is 1. The lowest BCUT2D eigenvalue weighted by molar-refractivity contribution is -0.139. The largest absolute Gasteiger partial charge is 0.374 e. The molecule has 1 aromatic carbocycles. The second-order valence-corrected chi connectivity index (χ2v) is 7.28. The first kappa shape index (κ1) is 18.7. The van der Waals surface area contributed by atoms with E-state index < -0.39 is 11.8 Å². The van der Waals surface area contributed by atoms with Crippen LogP contribution in [-0.2, 0) is 16.0 Å². The Balaban J connectivity index is 1.70. The van der Waals surface area contributed by atoms with Crippen molar-refractivity contribution in [3.8, 4) is 0 Å². The molecule has 1 saturated heterocycles. The summed E-state index contributed by atoms with van der Waals surface area (Å²) in [5.41, 5.74) is 3.91. The summed E-state index contributed by atoms with van der Waals surface area (Å²) < 4.78 is 0. The highest BCUT2D eigenvalue weighted by Crippen LogP contribution is 2.32. The lowest BCUT2D eigenvalue weighted by Gasteiger charge is -2.28. The summed E-state index contributed by atoms with van der Waals surface area (Å²) in [6.45, 7) is 6.10. The van der Waals surface area contributed by atoms with Gasteiger partial charge in [0.15, 0.2) is 0 Å². The van der Waals surface area contributed by atoms with E-state index in [2.05, 4.69) is 45.7 Å². The Morgan fingerprint density at radius 3 is 2.58 bits per heavy atom. The number of benzene rings is 1. The van der Waals surface area contributed by atoms with E-state index in [1.807, 2.05) is 6.92 Å². The standard InChI is InChI=1S/C20H30N4O2/c1-3-9-21-19(25)20(26)22-14-18(24-10-4-5-11-24)15-6-7-17-16(13-15)8-12-23(17)2/h6-7,13,18H,3-5,8-12,14H2,1-2H3,(H,21,25)(H,22,26). The molecule has 1 unspecified atom stereocenters. The Hall–Kier alpha value is -2.08. The van der Waals surface area contributed by atoms with Crippen molar-refractivity contribution in [1.29, 1.82) is 0 Å². The van der Waals surface area contributed by atoms with Gasteiger partial charge in [0, 0.05) is 32.4 Å². The number of hydrogen-bond donors (Lipinski definition) is 2. The molecule has 6 heteroatoms. The van der Waals surface area contributed by atoms with Crippen molar-refractivity contribution in [2.75, 3.05) is 44.7 Å². The number of nitrogens with zero attached hydrogens (tertiary/aromatic N) is 2. The van der Waals surface area contributed by atoms with Crippen LogP contribution < -0.4 is 15.5 Å². The van der Waals surface area contributed by atoms with Gasteiger partial charge in [0.25, 0.3) is 0 Å². The number of likely N-dealkylation sites (N-methyl/N-ethyl adjacent to an activating group) is 1. The molecule has 0 aliphatic carbocycles. The van der Waals surface area contributed by atoms with Crippen molar-refractivity contribution in [3.05, 3.63) is 29.3 Å². The fourth-order valence-corrected chi connectivity index (χ4v) is 3.89.